The molecule has 1 heterocycles. The van der Waals surface area contributed by atoms with Crippen molar-refractivity contribution < 1.29 is 24.2 Å². The molecule has 0 aliphatic carbocycles. The summed E-state index contributed by atoms with van der Waals surface area (Å²) >= 11 is 3.25. The van der Waals surface area contributed by atoms with Crippen LogP contribution in [0.2, 0.25) is 0 Å². The number of amides is 2. The number of phenolic OH excluding ortho intramolecular Hbond substituents is 1. The number of rotatable bonds is 5. The van der Waals surface area contributed by atoms with Gasteiger partial charge >= 0.3 is 12.0 Å². The average molecular weight is 411 g/mol. The lowest BCUT2D eigenvalue weighted by molar-refractivity contribution is -0.138. The second-order valence-corrected chi connectivity index (χ2v) is 6.24. The molecule has 8 heteroatoms. The summed E-state index contributed by atoms with van der Waals surface area (Å²) in [5.74, 6) is -0.409. The fourth-order valence-corrected chi connectivity index (χ4v) is 2.94. The lowest BCUT2D eigenvalue weighted by atomic mass is 9.94. The molecular formula is C17H19BrN2O5. The Morgan fingerprint density at radius 3 is 2.80 bits per heavy atom. The van der Waals surface area contributed by atoms with Gasteiger partial charge in [-0.15, -0.1) is 0 Å². The van der Waals surface area contributed by atoms with Gasteiger partial charge < -0.3 is 24.8 Å². The van der Waals surface area contributed by atoms with Gasteiger partial charge in [0.05, 0.1) is 23.2 Å². The maximum atomic E-state index is 12.5. The van der Waals surface area contributed by atoms with E-state index in [1.807, 2.05) is 0 Å². The maximum absolute atomic E-state index is 12.5. The maximum Gasteiger partial charge on any atom is 0.338 e. The predicted molar refractivity (Wildman–Crippen MR) is 95.3 cm³/mol. The van der Waals surface area contributed by atoms with Gasteiger partial charge in [-0.1, -0.05) is 12.7 Å². The summed E-state index contributed by atoms with van der Waals surface area (Å²) in [7, 11) is 2.98. The Labute approximate surface area is 154 Å². The fourth-order valence-electron chi connectivity index (χ4n) is 2.48. The zero-order chi connectivity index (χ0) is 18.7. The Morgan fingerprint density at radius 1 is 1.52 bits per heavy atom. The first-order chi connectivity index (χ1) is 11.8. The molecule has 2 rings (SSSR count). The number of benzene rings is 1. The molecule has 0 bridgehead atoms. The number of phenols is 1. The van der Waals surface area contributed by atoms with Crippen LogP contribution in [0, 0.1) is 0 Å². The van der Waals surface area contributed by atoms with Crippen LogP contribution in [0.4, 0.5) is 4.79 Å². The van der Waals surface area contributed by atoms with E-state index < -0.39 is 12.0 Å². The number of carbonyl (C=O) groups excluding carboxylic acids is 2. The third-order valence-corrected chi connectivity index (χ3v) is 4.51. The van der Waals surface area contributed by atoms with Crippen LogP contribution in [-0.4, -0.2) is 42.8 Å². The van der Waals surface area contributed by atoms with Gasteiger partial charge in [-0.3, -0.25) is 0 Å². The monoisotopic (exact) mass is 410 g/mol. The van der Waals surface area contributed by atoms with Crippen molar-refractivity contribution in [2.45, 2.75) is 13.0 Å². The highest BCUT2D eigenvalue weighted by molar-refractivity contribution is 9.10. The molecule has 0 saturated carbocycles. The lowest BCUT2D eigenvalue weighted by Crippen LogP contribution is -2.46. The number of ether oxygens (including phenoxy) is 2. The van der Waals surface area contributed by atoms with Crippen LogP contribution >= 0.6 is 15.9 Å². The zero-order valence-electron chi connectivity index (χ0n) is 14.1. The number of nitrogens with zero attached hydrogens (tertiary/aromatic N) is 1. The molecule has 25 heavy (non-hydrogen) atoms. The molecule has 1 aromatic rings. The minimum absolute atomic E-state index is 0.0581. The summed E-state index contributed by atoms with van der Waals surface area (Å²) in [6, 6.07) is 2.07. The standard InChI is InChI=1S/C17H19BrN2O5/c1-5-6-25-16(22)13-9(2)20(3)17(23)19-14(13)10-7-11(18)15(21)12(8-10)24-4/h5,7-8,14,21H,1,6H2,2-4H3,(H,19,23)/t14-/m0/s1. The van der Waals surface area contributed by atoms with Crippen LogP contribution in [-0.2, 0) is 9.53 Å². The van der Waals surface area contributed by atoms with Crippen molar-refractivity contribution in [2.24, 2.45) is 0 Å². The van der Waals surface area contributed by atoms with E-state index in [2.05, 4.69) is 27.8 Å². The normalized spacial score (nSPS) is 17.2. The van der Waals surface area contributed by atoms with E-state index >= 15 is 0 Å². The molecular weight excluding hydrogens is 392 g/mol. The summed E-state index contributed by atoms with van der Waals surface area (Å²) in [6.45, 7) is 5.25. The highest BCUT2D eigenvalue weighted by Gasteiger charge is 2.35. The molecule has 0 fully saturated rings. The molecule has 0 aromatic heterocycles. The highest BCUT2D eigenvalue weighted by Crippen LogP contribution is 2.40. The van der Waals surface area contributed by atoms with Crippen LogP contribution in [0.3, 0.4) is 0 Å². The number of urea groups is 1. The molecule has 0 radical (unpaired) electrons. The van der Waals surface area contributed by atoms with Crippen molar-refractivity contribution in [1.29, 1.82) is 0 Å². The van der Waals surface area contributed by atoms with E-state index in [0.29, 0.717) is 21.3 Å². The number of aromatic hydroxyl groups is 1. The number of carbonyl (C=O) groups is 2. The van der Waals surface area contributed by atoms with Gasteiger partial charge in [0.25, 0.3) is 0 Å². The Balaban J connectivity index is 2.56. The molecule has 1 aliphatic rings. The van der Waals surface area contributed by atoms with Crippen molar-refractivity contribution in [1.82, 2.24) is 10.2 Å². The van der Waals surface area contributed by atoms with Gasteiger partial charge in [0.15, 0.2) is 11.5 Å². The second kappa shape index (κ2) is 7.60. The minimum atomic E-state index is -0.744. The van der Waals surface area contributed by atoms with E-state index in [1.165, 1.54) is 18.1 Å². The molecule has 7 nitrogen and oxygen atoms in total. The quantitative estimate of drug-likeness (QED) is 0.575. The van der Waals surface area contributed by atoms with Crippen molar-refractivity contribution in [3.63, 3.8) is 0 Å². The Kier molecular flexibility index (Phi) is 5.73. The van der Waals surface area contributed by atoms with Crippen LogP contribution < -0.4 is 10.1 Å². The first-order valence-corrected chi connectivity index (χ1v) is 8.20. The summed E-state index contributed by atoms with van der Waals surface area (Å²) in [6.07, 6.45) is 1.47. The fraction of sp³-hybridized carbons (Fsp3) is 0.294. The number of hydrogen-bond donors (Lipinski definition) is 2. The van der Waals surface area contributed by atoms with E-state index in [0.717, 1.165) is 0 Å². The third kappa shape index (κ3) is 3.63. The largest absolute Gasteiger partial charge is 0.503 e. The smallest absolute Gasteiger partial charge is 0.338 e. The number of allylic oxidation sites excluding steroid dienone is 1. The molecule has 0 saturated heterocycles. The van der Waals surface area contributed by atoms with Gasteiger partial charge in [0, 0.05) is 12.7 Å². The number of esters is 1. The number of nitrogens with one attached hydrogen (secondary N) is 1. The summed E-state index contributed by atoms with van der Waals surface area (Å²) in [4.78, 5) is 26.0. The molecule has 2 N–H and O–H groups in total. The summed E-state index contributed by atoms with van der Waals surface area (Å²) in [5.41, 5.74) is 1.34. The number of halogens is 1. The van der Waals surface area contributed by atoms with Crippen LogP contribution in [0.15, 0.2) is 40.5 Å². The Bertz CT molecular complexity index is 760. The first kappa shape index (κ1) is 18.9. The van der Waals surface area contributed by atoms with Crippen molar-refractivity contribution in [3.05, 3.63) is 46.1 Å². The molecule has 0 spiro atoms. The van der Waals surface area contributed by atoms with Crippen molar-refractivity contribution in [2.75, 3.05) is 20.8 Å². The number of hydrogen-bond acceptors (Lipinski definition) is 5. The van der Waals surface area contributed by atoms with Crippen LogP contribution in [0.25, 0.3) is 0 Å². The lowest BCUT2D eigenvalue weighted by Gasteiger charge is -2.33. The zero-order valence-corrected chi connectivity index (χ0v) is 15.7. The van der Waals surface area contributed by atoms with Crippen molar-refractivity contribution in [3.8, 4) is 11.5 Å². The second-order valence-electron chi connectivity index (χ2n) is 5.38. The average Bonchev–Trinajstić information content (AvgIpc) is 2.59. The minimum Gasteiger partial charge on any atom is -0.503 e. The summed E-state index contributed by atoms with van der Waals surface area (Å²) < 4.78 is 10.7. The van der Waals surface area contributed by atoms with E-state index in [4.69, 9.17) is 9.47 Å². The Morgan fingerprint density at radius 2 is 2.20 bits per heavy atom. The Hall–Kier alpha value is -2.48. The molecule has 1 aromatic carbocycles. The van der Waals surface area contributed by atoms with Gasteiger partial charge in [0.2, 0.25) is 0 Å². The van der Waals surface area contributed by atoms with Crippen LogP contribution in [0.1, 0.15) is 18.5 Å². The first-order valence-electron chi connectivity index (χ1n) is 7.41. The summed E-state index contributed by atoms with van der Waals surface area (Å²) in [5, 5.41) is 12.7. The van der Waals surface area contributed by atoms with E-state index in [1.54, 1.807) is 26.1 Å². The van der Waals surface area contributed by atoms with Gasteiger partial charge in [0.1, 0.15) is 6.61 Å². The predicted octanol–water partition coefficient (Wildman–Crippen LogP) is 2.86. The molecule has 134 valence electrons. The van der Waals surface area contributed by atoms with E-state index in [9.17, 15) is 14.7 Å². The molecule has 0 unspecified atom stereocenters. The molecule has 1 aliphatic heterocycles. The van der Waals surface area contributed by atoms with Gasteiger partial charge in [-0.2, -0.15) is 0 Å². The van der Waals surface area contributed by atoms with Crippen LogP contribution in [0.5, 0.6) is 11.5 Å². The van der Waals surface area contributed by atoms with Gasteiger partial charge in [-0.05, 0) is 40.5 Å². The molecule has 2 amide bonds. The van der Waals surface area contributed by atoms with E-state index in [-0.39, 0.29) is 24.1 Å². The van der Waals surface area contributed by atoms with Gasteiger partial charge in [-0.25, -0.2) is 9.59 Å². The highest BCUT2D eigenvalue weighted by atomic mass is 79.9. The SMILES string of the molecule is C=CCOC(=O)C1=C(C)N(C)C(=O)N[C@H]1c1cc(Br)c(O)c(OC)c1. The number of methoxy groups -OCH3 is 1. The van der Waals surface area contributed by atoms with Crippen molar-refractivity contribution >= 4 is 27.9 Å². The third-order valence-electron chi connectivity index (χ3n) is 3.91. The topological polar surface area (TPSA) is 88.1 Å². The molecule has 1 atom stereocenters.